The molecule has 0 heterocycles. The van der Waals surface area contributed by atoms with Crippen LogP contribution < -0.4 is 11.1 Å². The van der Waals surface area contributed by atoms with Gasteiger partial charge in [-0.3, -0.25) is 4.79 Å². The van der Waals surface area contributed by atoms with E-state index >= 15 is 0 Å². The lowest BCUT2D eigenvalue weighted by Gasteiger charge is -2.30. The number of nitrogens with zero attached hydrogens (tertiary/aromatic N) is 1. The maximum absolute atomic E-state index is 12.2. The third-order valence-corrected chi connectivity index (χ3v) is 3.02. The van der Waals surface area contributed by atoms with E-state index in [0.29, 0.717) is 19.4 Å². The second kappa shape index (κ2) is 5.89. The Morgan fingerprint density at radius 3 is 2.06 bits per heavy atom. The third kappa shape index (κ3) is 3.91. The highest BCUT2D eigenvalue weighted by molar-refractivity contribution is 6.06. The quantitative estimate of drug-likeness (QED) is 0.297. The Morgan fingerprint density at radius 1 is 1.29 bits per heavy atom. The van der Waals surface area contributed by atoms with E-state index in [1.807, 2.05) is 34.6 Å². The van der Waals surface area contributed by atoms with E-state index in [1.54, 1.807) is 0 Å². The van der Waals surface area contributed by atoms with Crippen LogP contribution in [0.1, 0.15) is 47.5 Å². The minimum absolute atomic E-state index is 0.00794. The van der Waals surface area contributed by atoms with Crippen LogP contribution in [-0.2, 0) is 4.79 Å². The highest BCUT2D eigenvalue weighted by atomic mass is 16.4. The van der Waals surface area contributed by atoms with Crippen molar-refractivity contribution in [2.75, 3.05) is 6.54 Å². The van der Waals surface area contributed by atoms with Crippen molar-refractivity contribution in [1.29, 1.82) is 0 Å². The Balaban J connectivity index is 4.91. The Kier molecular flexibility index (Phi) is 5.45. The number of hydrogen-bond donors (Lipinski definition) is 3. The van der Waals surface area contributed by atoms with Gasteiger partial charge in [0.15, 0.2) is 5.84 Å². The summed E-state index contributed by atoms with van der Waals surface area (Å²) in [4.78, 5) is 12.2. The van der Waals surface area contributed by atoms with Crippen LogP contribution in [0.3, 0.4) is 0 Å². The second-order valence-corrected chi connectivity index (χ2v) is 5.52. The van der Waals surface area contributed by atoms with Crippen molar-refractivity contribution >= 4 is 11.7 Å². The average molecular weight is 243 g/mol. The molecular weight excluding hydrogens is 218 g/mol. The maximum Gasteiger partial charge on any atom is 0.233 e. The molecule has 5 nitrogen and oxygen atoms in total. The normalized spacial score (nSPS) is 13.6. The second-order valence-electron chi connectivity index (χ2n) is 5.52. The Bertz CT molecular complexity index is 289. The molecule has 0 aliphatic rings. The Hall–Kier alpha value is -1.26. The lowest BCUT2D eigenvalue weighted by atomic mass is 9.80. The van der Waals surface area contributed by atoms with Crippen LogP contribution in [0.4, 0.5) is 0 Å². The first kappa shape index (κ1) is 15.7. The zero-order chi connectivity index (χ0) is 13.7. The summed E-state index contributed by atoms with van der Waals surface area (Å²) in [6, 6.07) is 0. The van der Waals surface area contributed by atoms with Gasteiger partial charge in [-0.25, -0.2) is 0 Å². The number of amidine groups is 1. The first-order chi connectivity index (χ1) is 7.73. The summed E-state index contributed by atoms with van der Waals surface area (Å²) in [5.74, 6) is -0.193. The average Bonchev–Trinajstić information content (AvgIpc) is 2.27. The molecule has 5 heteroatoms. The number of nitrogens with two attached hydrogens (primary N) is 1. The van der Waals surface area contributed by atoms with Crippen LogP contribution in [0.15, 0.2) is 5.16 Å². The fraction of sp³-hybridized carbons (Fsp3) is 0.833. The molecule has 17 heavy (non-hydrogen) atoms. The van der Waals surface area contributed by atoms with Crippen LogP contribution in [0.25, 0.3) is 0 Å². The molecule has 4 N–H and O–H groups in total. The van der Waals surface area contributed by atoms with Gasteiger partial charge in [-0.15, -0.1) is 0 Å². The van der Waals surface area contributed by atoms with Gasteiger partial charge in [0, 0.05) is 6.54 Å². The number of amides is 1. The number of hydrogen-bond acceptors (Lipinski definition) is 3. The van der Waals surface area contributed by atoms with Crippen molar-refractivity contribution in [1.82, 2.24) is 5.32 Å². The van der Waals surface area contributed by atoms with Gasteiger partial charge in [0.1, 0.15) is 5.41 Å². The fourth-order valence-electron chi connectivity index (χ4n) is 1.66. The first-order valence-corrected chi connectivity index (χ1v) is 5.99. The Morgan fingerprint density at radius 2 is 1.76 bits per heavy atom. The standard InChI is InChI=1S/C12H25N3O2/c1-6-12(7-2,9(13)15-17)10(16)14-8-11(3,4)5/h17H,6-8H2,1-5H3,(H2,13,15)(H,14,16). The summed E-state index contributed by atoms with van der Waals surface area (Å²) in [6.07, 6.45) is 1.02. The molecule has 100 valence electrons. The van der Waals surface area contributed by atoms with Crippen LogP contribution in [0, 0.1) is 10.8 Å². The molecule has 0 spiro atoms. The Labute approximate surface area is 103 Å². The molecule has 0 fully saturated rings. The molecule has 0 bridgehead atoms. The first-order valence-electron chi connectivity index (χ1n) is 5.99. The van der Waals surface area contributed by atoms with Crippen molar-refractivity contribution in [3.63, 3.8) is 0 Å². The van der Waals surface area contributed by atoms with E-state index < -0.39 is 5.41 Å². The summed E-state index contributed by atoms with van der Waals surface area (Å²) in [6.45, 7) is 10.4. The zero-order valence-electron chi connectivity index (χ0n) is 11.5. The molecule has 0 unspecified atom stereocenters. The van der Waals surface area contributed by atoms with Crippen molar-refractivity contribution in [3.05, 3.63) is 0 Å². The molecule has 0 aliphatic carbocycles. The molecule has 0 saturated heterocycles. The van der Waals surface area contributed by atoms with Crippen molar-refractivity contribution in [3.8, 4) is 0 Å². The van der Waals surface area contributed by atoms with Gasteiger partial charge in [-0.1, -0.05) is 39.8 Å². The van der Waals surface area contributed by atoms with Gasteiger partial charge in [-0.2, -0.15) is 0 Å². The van der Waals surface area contributed by atoms with Gasteiger partial charge in [0.25, 0.3) is 0 Å². The number of nitrogens with one attached hydrogen (secondary N) is 1. The zero-order valence-corrected chi connectivity index (χ0v) is 11.5. The summed E-state index contributed by atoms with van der Waals surface area (Å²) < 4.78 is 0. The highest BCUT2D eigenvalue weighted by Crippen LogP contribution is 2.27. The van der Waals surface area contributed by atoms with Gasteiger partial charge < -0.3 is 16.3 Å². The topological polar surface area (TPSA) is 87.7 Å². The molecule has 0 rings (SSSR count). The van der Waals surface area contributed by atoms with Crippen molar-refractivity contribution < 1.29 is 10.0 Å². The van der Waals surface area contributed by atoms with Gasteiger partial charge in [0.05, 0.1) is 0 Å². The van der Waals surface area contributed by atoms with Crippen LogP contribution in [-0.4, -0.2) is 23.5 Å². The summed E-state index contributed by atoms with van der Waals surface area (Å²) in [7, 11) is 0. The van der Waals surface area contributed by atoms with Crippen LogP contribution in [0.5, 0.6) is 0 Å². The molecule has 0 radical (unpaired) electrons. The molecule has 0 saturated carbocycles. The van der Waals surface area contributed by atoms with Gasteiger partial charge in [0.2, 0.25) is 5.91 Å². The minimum Gasteiger partial charge on any atom is -0.409 e. The van der Waals surface area contributed by atoms with Crippen molar-refractivity contribution in [2.45, 2.75) is 47.5 Å². The smallest absolute Gasteiger partial charge is 0.233 e. The maximum atomic E-state index is 12.2. The van der Waals surface area contributed by atoms with E-state index in [4.69, 9.17) is 10.9 Å². The molecule has 0 atom stereocenters. The number of carbonyl (C=O) groups excluding carboxylic acids is 1. The summed E-state index contributed by atoms with van der Waals surface area (Å²) in [5, 5.41) is 14.7. The van der Waals surface area contributed by atoms with Crippen LogP contribution in [0.2, 0.25) is 0 Å². The largest absolute Gasteiger partial charge is 0.409 e. The predicted molar refractivity (Wildman–Crippen MR) is 68.9 cm³/mol. The van der Waals surface area contributed by atoms with Gasteiger partial charge in [-0.05, 0) is 18.3 Å². The SMILES string of the molecule is CCC(CC)(C(=O)NCC(C)(C)C)C(N)=NO. The third-order valence-electron chi connectivity index (χ3n) is 3.02. The van der Waals surface area contributed by atoms with Crippen LogP contribution >= 0.6 is 0 Å². The lowest BCUT2D eigenvalue weighted by molar-refractivity contribution is -0.128. The summed E-state index contributed by atoms with van der Waals surface area (Å²) in [5.41, 5.74) is 4.76. The fourth-order valence-corrected chi connectivity index (χ4v) is 1.66. The summed E-state index contributed by atoms with van der Waals surface area (Å²) >= 11 is 0. The molecule has 0 aromatic rings. The predicted octanol–water partition coefficient (Wildman–Crippen LogP) is 1.70. The molecular formula is C12H25N3O2. The molecule has 0 aromatic heterocycles. The monoisotopic (exact) mass is 243 g/mol. The number of oxime groups is 1. The molecule has 0 aromatic carbocycles. The number of rotatable bonds is 5. The number of carbonyl (C=O) groups is 1. The van der Waals surface area contributed by atoms with E-state index in [-0.39, 0.29) is 17.2 Å². The molecule has 0 aliphatic heterocycles. The van der Waals surface area contributed by atoms with E-state index in [9.17, 15) is 4.79 Å². The van der Waals surface area contributed by atoms with E-state index in [0.717, 1.165) is 0 Å². The van der Waals surface area contributed by atoms with Gasteiger partial charge >= 0.3 is 0 Å². The highest BCUT2D eigenvalue weighted by Gasteiger charge is 2.39. The minimum atomic E-state index is -0.903. The van der Waals surface area contributed by atoms with E-state index in [2.05, 4.69) is 10.5 Å². The van der Waals surface area contributed by atoms with E-state index in [1.165, 1.54) is 0 Å². The van der Waals surface area contributed by atoms with Crippen molar-refractivity contribution in [2.24, 2.45) is 21.7 Å². The molecule has 1 amide bonds. The lowest BCUT2D eigenvalue weighted by Crippen LogP contribution is -2.50.